The van der Waals surface area contributed by atoms with Crippen molar-refractivity contribution in [2.75, 3.05) is 7.11 Å². The Balaban J connectivity index is 3.34. The first kappa shape index (κ1) is 12.9. The normalized spacial score (nSPS) is 12.7. The molecule has 0 fully saturated rings. The summed E-state index contributed by atoms with van der Waals surface area (Å²) in [5, 5.41) is 0. The van der Waals surface area contributed by atoms with E-state index in [4.69, 9.17) is 4.74 Å². The fourth-order valence-corrected chi connectivity index (χ4v) is 1.42. The van der Waals surface area contributed by atoms with Crippen molar-refractivity contribution in [2.24, 2.45) is 0 Å². The largest absolute Gasteiger partial charge is 0.493 e. The van der Waals surface area contributed by atoms with E-state index in [0.29, 0.717) is 0 Å². The van der Waals surface area contributed by atoms with Crippen LogP contribution < -0.4 is 4.74 Å². The summed E-state index contributed by atoms with van der Waals surface area (Å²) in [7, 11) is 1.66. The predicted molar refractivity (Wildman–Crippen MR) is 66.0 cm³/mol. The Morgan fingerprint density at radius 1 is 1.00 bits per heavy atom. The van der Waals surface area contributed by atoms with Crippen molar-refractivity contribution in [3.63, 3.8) is 0 Å². The molecule has 0 atom stereocenters. The van der Waals surface area contributed by atoms with E-state index in [-0.39, 0.29) is 10.8 Å². The summed E-state index contributed by atoms with van der Waals surface area (Å²) in [4.78, 5) is 9.01. The SMILES string of the molecule is COc1cnc(C(C)(C)C)nc1C(C)(C)C. The summed E-state index contributed by atoms with van der Waals surface area (Å²) in [5.74, 6) is 1.62. The second kappa shape index (κ2) is 4.04. The van der Waals surface area contributed by atoms with Gasteiger partial charge in [-0.15, -0.1) is 0 Å². The minimum absolute atomic E-state index is 0.0334. The van der Waals surface area contributed by atoms with Crippen molar-refractivity contribution >= 4 is 0 Å². The zero-order valence-corrected chi connectivity index (χ0v) is 11.4. The van der Waals surface area contributed by atoms with Crippen molar-refractivity contribution in [3.8, 4) is 5.75 Å². The maximum atomic E-state index is 5.31. The van der Waals surface area contributed by atoms with Gasteiger partial charge >= 0.3 is 0 Å². The van der Waals surface area contributed by atoms with Crippen molar-refractivity contribution in [2.45, 2.75) is 52.4 Å². The van der Waals surface area contributed by atoms with Crippen molar-refractivity contribution < 1.29 is 4.74 Å². The molecule has 0 saturated heterocycles. The van der Waals surface area contributed by atoms with Crippen LogP contribution >= 0.6 is 0 Å². The molecule has 1 rings (SSSR count). The van der Waals surface area contributed by atoms with Gasteiger partial charge < -0.3 is 4.74 Å². The van der Waals surface area contributed by atoms with Crippen LogP contribution in [0.2, 0.25) is 0 Å². The monoisotopic (exact) mass is 222 g/mol. The second-order valence-corrected chi connectivity index (χ2v) is 6.11. The molecule has 0 aromatic carbocycles. The van der Waals surface area contributed by atoms with Gasteiger partial charge in [-0.05, 0) is 0 Å². The number of ether oxygens (including phenoxy) is 1. The Labute approximate surface area is 98.3 Å². The molecule has 1 heterocycles. The van der Waals surface area contributed by atoms with Gasteiger partial charge in [0.1, 0.15) is 5.82 Å². The van der Waals surface area contributed by atoms with E-state index in [1.165, 1.54) is 0 Å². The minimum Gasteiger partial charge on any atom is -0.493 e. The van der Waals surface area contributed by atoms with E-state index < -0.39 is 0 Å². The second-order valence-electron chi connectivity index (χ2n) is 6.11. The first-order valence-corrected chi connectivity index (χ1v) is 5.58. The first-order valence-electron chi connectivity index (χ1n) is 5.58. The lowest BCUT2D eigenvalue weighted by molar-refractivity contribution is 0.384. The average Bonchev–Trinajstić information content (AvgIpc) is 2.14. The minimum atomic E-state index is -0.0354. The van der Waals surface area contributed by atoms with E-state index in [2.05, 4.69) is 51.5 Å². The predicted octanol–water partition coefficient (Wildman–Crippen LogP) is 3.08. The van der Waals surface area contributed by atoms with Gasteiger partial charge in [-0.3, -0.25) is 0 Å². The summed E-state index contributed by atoms with van der Waals surface area (Å²) in [5.41, 5.74) is 0.899. The quantitative estimate of drug-likeness (QED) is 0.732. The maximum Gasteiger partial charge on any atom is 0.159 e. The van der Waals surface area contributed by atoms with Gasteiger partial charge in [0.2, 0.25) is 0 Å². The molecule has 0 aliphatic carbocycles. The van der Waals surface area contributed by atoms with Crippen LogP contribution in [-0.4, -0.2) is 17.1 Å². The fraction of sp³-hybridized carbons (Fsp3) is 0.692. The molecule has 0 aliphatic heterocycles. The number of methoxy groups -OCH3 is 1. The van der Waals surface area contributed by atoms with Gasteiger partial charge in [0, 0.05) is 10.8 Å². The molecule has 0 aliphatic rings. The van der Waals surface area contributed by atoms with Crippen LogP contribution in [0.25, 0.3) is 0 Å². The first-order chi connectivity index (χ1) is 7.16. The average molecular weight is 222 g/mol. The van der Waals surface area contributed by atoms with E-state index in [0.717, 1.165) is 17.3 Å². The number of aromatic nitrogens is 2. The molecule has 3 heteroatoms. The van der Waals surface area contributed by atoms with E-state index in [1.807, 2.05) is 0 Å². The molecule has 1 aromatic rings. The Hall–Kier alpha value is -1.12. The fourth-order valence-electron chi connectivity index (χ4n) is 1.42. The van der Waals surface area contributed by atoms with Crippen molar-refractivity contribution in [1.29, 1.82) is 0 Å². The van der Waals surface area contributed by atoms with Crippen LogP contribution in [-0.2, 0) is 10.8 Å². The lowest BCUT2D eigenvalue weighted by Gasteiger charge is -2.24. The molecule has 0 unspecified atom stereocenters. The van der Waals surface area contributed by atoms with Gasteiger partial charge in [-0.25, -0.2) is 9.97 Å². The van der Waals surface area contributed by atoms with Gasteiger partial charge in [0.15, 0.2) is 5.75 Å². The van der Waals surface area contributed by atoms with Crippen molar-refractivity contribution in [3.05, 3.63) is 17.7 Å². The van der Waals surface area contributed by atoms with Crippen LogP contribution in [0.3, 0.4) is 0 Å². The number of nitrogens with zero attached hydrogens (tertiary/aromatic N) is 2. The molecule has 0 radical (unpaired) electrons. The molecular weight excluding hydrogens is 200 g/mol. The Bertz CT molecular complexity index is 372. The molecular formula is C13H22N2O. The third-order valence-electron chi connectivity index (χ3n) is 2.36. The molecule has 0 amide bonds. The summed E-state index contributed by atoms with van der Waals surface area (Å²) in [6.07, 6.45) is 1.77. The molecule has 16 heavy (non-hydrogen) atoms. The van der Waals surface area contributed by atoms with E-state index in [1.54, 1.807) is 13.3 Å². The van der Waals surface area contributed by atoms with Crippen LogP contribution in [0.1, 0.15) is 53.1 Å². The summed E-state index contributed by atoms with van der Waals surface area (Å²) < 4.78 is 5.31. The summed E-state index contributed by atoms with van der Waals surface area (Å²) in [6, 6.07) is 0. The van der Waals surface area contributed by atoms with Gasteiger partial charge in [0.05, 0.1) is 19.0 Å². The van der Waals surface area contributed by atoms with Gasteiger partial charge in [-0.1, -0.05) is 41.5 Å². The number of rotatable bonds is 1. The molecule has 0 N–H and O–H groups in total. The lowest BCUT2D eigenvalue weighted by atomic mass is 9.90. The topological polar surface area (TPSA) is 35.0 Å². The maximum absolute atomic E-state index is 5.31. The molecule has 3 nitrogen and oxygen atoms in total. The third-order valence-corrected chi connectivity index (χ3v) is 2.36. The number of hydrogen-bond donors (Lipinski definition) is 0. The highest BCUT2D eigenvalue weighted by molar-refractivity contribution is 5.31. The summed E-state index contributed by atoms with van der Waals surface area (Å²) >= 11 is 0. The molecule has 0 spiro atoms. The highest BCUT2D eigenvalue weighted by Crippen LogP contribution is 2.30. The number of hydrogen-bond acceptors (Lipinski definition) is 3. The molecule has 0 saturated carbocycles. The zero-order valence-electron chi connectivity index (χ0n) is 11.4. The Morgan fingerprint density at radius 2 is 1.56 bits per heavy atom. The van der Waals surface area contributed by atoms with Gasteiger partial charge in [0.25, 0.3) is 0 Å². The van der Waals surface area contributed by atoms with Crippen molar-refractivity contribution in [1.82, 2.24) is 9.97 Å². The Morgan fingerprint density at radius 3 is 1.94 bits per heavy atom. The highest BCUT2D eigenvalue weighted by atomic mass is 16.5. The molecule has 1 aromatic heterocycles. The summed E-state index contributed by atoms with van der Waals surface area (Å²) in [6.45, 7) is 12.7. The third kappa shape index (κ3) is 2.71. The molecule has 0 bridgehead atoms. The Kier molecular flexibility index (Phi) is 3.27. The van der Waals surface area contributed by atoms with E-state index in [9.17, 15) is 0 Å². The lowest BCUT2D eigenvalue weighted by Crippen LogP contribution is -2.22. The highest BCUT2D eigenvalue weighted by Gasteiger charge is 2.25. The van der Waals surface area contributed by atoms with Crippen LogP contribution in [0.4, 0.5) is 0 Å². The molecule has 90 valence electrons. The zero-order chi connectivity index (χ0) is 12.6. The van der Waals surface area contributed by atoms with Gasteiger partial charge in [-0.2, -0.15) is 0 Å². The van der Waals surface area contributed by atoms with E-state index >= 15 is 0 Å². The standard InChI is InChI=1S/C13H22N2O/c1-12(2,3)10-9(16-7)8-14-11(15-10)13(4,5)6/h8H,1-7H3. The van der Waals surface area contributed by atoms with Crippen LogP contribution in [0.5, 0.6) is 5.75 Å². The van der Waals surface area contributed by atoms with Crippen LogP contribution in [0.15, 0.2) is 6.20 Å². The van der Waals surface area contributed by atoms with Crippen LogP contribution in [0, 0.1) is 0 Å². The smallest absolute Gasteiger partial charge is 0.159 e.